The van der Waals surface area contributed by atoms with Crippen molar-refractivity contribution in [2.45, 2.75) is 4.90 Å². The lowest BCUT2D eigenvalue weighted by atomic mass is 10.1. The summed E-state index contributed by atoms with van der Waals surface area (Å²) in [5.74, 6) is -0.348. The number of nitrogens with zero attached hydrogens (tertiary/aromatic N) is 5. The molecule has 5 rings (SSSR count). The number of nitrogens with one attached hydrogen (secondary N) is 1. The van der Waals surface area contributed by atoms with E-state index in [4.69, 9.17) is 23.2 Å². The van der Waals surface area contributed by atoms with Crippen LogP contribution in [0.25, 0.3) is 5.69 Å². The summed E-state index contributed by atoms with van der Waals surface area (Å²) >= 11 is 12.2. The van der Waals surface area contributed by atoms with Crippen LogP contribution in [0.2, 0.25) is 10.0 Å². The molecule has 12 heteroatoms. The summed E-state index contributed by atoms with van der Waals surface area (Å²) in [5, 5.41) is 11.6. The van der Waals surface area contributed by atoms with Crippen molar-refractivity contribution in [2.24, 2.45) is 0 Å². The molecule has 1 aliphatic heterocycles. The molecule has 0 saturated carbocycles. The molecule has 3 aromatic carbocycles. The van der Waals surface area contributed by atoms with Crippen molar-refractivity contribution in [1.29, 1.82) is 0 Å². The van der Waals surface area contributed by atoms with Crippen LogP contribution >= 0.6 is 23.2 Å². The number of hydrogen-bond acceptors (Lipinski definition) is 6. The average molecular weight is 557 g/mol. The fourth-order valence-electron chi connectivity index (χ4n) is 4.17. The highest BCUT2D eigenvalue weighted by atomic mass is 35.5. The number of sulfonamides is 1. The Morgan fingerprint density at radius 1 is 0.892 bits per heavy atom. The Balaban J connectivity index is 1.25. The van der Waals surface area contributed by atoms with E-state index >= 15 is 0 Å². The quantitative estimate of drug-likeness (QED) is 0.379. The number of hydrogen-bond donors (Lipinski definition) is 1. The van der Waals surface area contributed by atoms with Gasteiger partial charge in [0.1, 0.15) is 0 Å². The monoisotopic (exact) mass is 556 g/mol. The van der Waals surface area contributed by atoms with Gasteiger partial charge in [0.05, 0.1) is 28.5 Å². The highest BCUT2D eigenvalue weighted by Crippen LogP contribution is 2.28. The zero-order valence-corrected chi connectivity index (χ0v) is 21.8. The minimum Gasteiger partial charge on any atom is -0.369 e. The normalized spacial score (nSPS) is 14.5. The van der Waals surface area contributed by atoms with Gasteiger partial charge in [-0.05, 0) is 54.6 Å². The number of halogens is 2. The van der Waals surface area contributed by atoms with Crippen LogP contribution in [0.1, 0.15) is 10.4 Å². The van der Waals surface area contributed by atoms with Crippen LogP contribution in [-0.2, 0) is 10.0 Å². The summed E-state index contributed by atoms with van der Waals surface area (Å²) in [6.07, 6.45) is 3.18. The topological polar surface area (TPSA) is 100 Å². The molecule has 9 nitrogen and oxygen atoms in total. The maximum atomic E-state index is 13.2. The molecule has 37 heavy (non-hydrogen) atoms. The number of piperazine rings is 1. The van der Waals surface area contributed by atoms with E-state index in [0.717, 1.165) is 5.69 Å². The molecule has 0 spiro atoms. The number of carbonyl (C=O) groups is 1. The Bertz CT molecular complexity index is 1500. The van der Waals surface area contributed by atoms with Crippen molar-refractivity contribution in [1.82, 2.24) is 19.3 Å². The molecule has 0 bridgehead atoms. The third kappa shape index (κ3) is 5.47. The minimum absolute atomic E-state index is 0.160. The van der Waals surface area contributed by atoms with E-state index in [0.29, 0.717) is 53.2 Å². The first-order valence-corrected chi connectivity index (χ1v) is 13.6. The fraction of sp³-hybridized carbons (Fsp3) is 0.160. The molecular formula is C25H22Cl2N6O3S. The van der Waals surface area contributed by atoms with Crippen molar-refractivity contribution in [3.05, 3.63) is 94.7 Å². The molecule has 1 aromatic heterocycles. The first kappa shape index (κ1) is 25.2. The van der Waals surface area contributed by atoms with Crippen LogP contribution < -0.4 is 10.2 Å². The minimum atomic E-state index is -3.69. The smallest absolute Gasteiger partial charge is 0.257 e. The Labute approximate surface area is 224 Å². The lowest BCUT2D eigenvalue weighted by Gasteiger charge is -2.35. The fourth-order valence-corrected chi connectivity index (χ4v) is 6.11. The van der Waals surface area contributed by atoms with Gasteiger partial charge in [-0.1, -0.05) is 40.5 Å². The first-order chi connectivity index (χ1) is 17.8. The number of para-hydroxylation sites is 1. The lowest BCUT2D eigenvalue weighted by molar-refractivity contribution is 0.102. The van der Waals surface area contributed by atoms with E-state index in [1.165, 1.54) is 27.3 Å². The highest BCUT2D eigenvalue weighted by Gasteiger charge is 2.29. The Hall–Kier alpha value is -3.44. The van der Waals surface area contributed by atoms with E-state index in [1.54, 1.807) is 48.7 Å². The molecule has 0 radical (unpaired) electrons. The largest absolute Gasteiger partial charge is 0.369 e. The van der Waals surface area contributed by atoms with Crippen LogP contribution in [0.15, 0.2) is 84.0 Å². The van der Waals surface area contributed by atoms with E-state index < -0.39 is 10.0 Å². The van der Waals surface area contributed by atoms with Gasteiger partial charge in [-0.15, -0.1) is 5.10 Å². The standard InChI is InChI=1S/C25H22Cl2N6O3S/c26-18-15-19(27)17-21(16-18)31-11-13-32(14-12-31)37(35,36)22-7-5-20(6-8-22)29-25(34)23-3-1-2-4-24(23)33-10-9-28-30-33/h1-10,15-17H,11-14H2,(H,29,34). The molecule has 190 valence electrons. The number of carbonyl (C=O) groups excluding carboxylic acids is 1. The van der Waals surface area contributed by atoms with Crippen LogP contribution in [0.4, 0.5) is 11.4 Å². The summed E-state index contributed by atoms with van der Waals surface area (Å²) in [6.45, 7) is 1.67. The number of rotatable bonds is 6. The van der Waals surface area contributed by atoms with E-state index in [1.807, 2.05) is 12.1 Å². The second-order valence-corrected chi connectivity index (χ2v) is 11.2. The second-order valence-electron chi connectivity index (χ2n) is 8.36. The summed E-state index contributed by atoms with van der Waals surface area (Å²) in [5.41, 5.74) is 2.32. The van der Waals surface area contributed by atoms with Gasteiger partial charge in [0.15, 0.2) is 0 Å². The van der Waals surface area contributed by atoms with Gasteiger partial charge in [0.2, 0.25) is 10.0 Å². The van der Waals surface area contributed by atoms with Gasteiger partial charge in [-0.2, -0.15) is 4.31 Å². The van der Waals surface area contributed by atoms with Crippen molar-refractivity contribution < 1.29 is 13.2 Å². The zero-order chi connectivity index (χ0) is 26.0. The number of benzene rings is 3. The second kappa shape index (κ2) is 10.5. The van der Waals surface area contributed by atoms with Gasteiger partial charge in [-0.3, -0.25) is 4.79 Å². The maximum Gasteiger partial charge on any atom is 0.257 e. The predicted octanol–water partition coefficient (Wildman–Crippen LogP) is 4.34. The summed E-state index contributed by atoms with van der Waals surface area (Å²) in [6, 6.07) is 18.4. The van der Waals surface area contributed by atoms with Gasteiger partial charge >= 0.3 is 0 Å². The Morgan fingerprint density at radius 3 is 2.22 bits per heavy atom. The first-order valence-electron chi connectivity index (χ1n) is 11.4. The van der Waals surface area contributed by atoms with Crippen molar-refractivity contribution >= 4 is 50.5 Å². The van der Waals surface area contributed by atoms with Gasteiger partial charge in [0, 0.05) is 47.6 Å². The predicted molar refractivity (Wildman–Crippen MR) is 143 cm³/mol. The summed E-state index contributed by atoms with van der Waals surface area (Å²) < 4.78 is 29.4. The SMILES string of the molecule is O=C(Nc1ccc(S(=O)(=O)N2CCN(c3cc(Cl)cc(Cl)c3)CC2)cc1)c1ccccc1-n1ccnn1. The Kier molecular flexibility index (Phi) is 7.16. The van der Waals surface area contributed by atoms with E-state index in [-0.39, 0.29) is 10.8 Å². The number of anilines is 2. The molecule has 2 heterocycles. The third-order valence-electron chi connectivity index (χ3n) is 6.02. The molecule has 0 atom stereocenters. The van der Waals surface area contributed by atoms with Gasteiger partial charge < -0.3 is 10.2 Å². The van der Waals surface area contributed by atoms with Crippen LogP contribution in [0, 0.1) is 0 Å². The van der Waals surface area contributed by atoms with Crippen LogP contribution in [-0.4, -0.2) is 59.8 Å². The number of aromatic nitrogens is 3. The average Bonchev–Trinajstić information content (AvgIpc) is 3.44. The van der Waals surface area contributed by atoms with Crippen LogP contribution in [0.3, 0.4) is 0 Å². The Morgan fingerprint density at radius 2 is 1.57 bits per heavy atom. The van der Waals surface area contributed by atoms with E-state index in [2.05, 4.69) is 20.5 Å². The molecule has 1 fully saturated rings. The highest BCUT2D eigenvalue weighted by molar-refractivity contribution is 7.89. The molecule has 1 amide bonds. The molecule has 4 aromatic rings. The third-order valence-corrected chi connectivity index (χ3v) is 8.37. The van der Waals surface area contributed by atoms with Crippen LogP contribution in [0.5, 0.6) is 0 Å². The van der Waals surface area contributed by atoms with Gasteiger partial charge in [-0.25, -0.2) is 13.1 Å². The molecule has 1 aliphatic rings. The van der Waals surface area contributed by atoms with Crippen molar-refractivity contribution in [3.63, 3.8) is 0 Å². The maximum absolute atomic E-state index is 13.2. The molecular weight excluding hydrogens is 535 g/mol. The van der Waals surface area contributed by atoms with E-state index in [9.17, 15) is 13.2 Å². The van der Waals surface area contributed by atoms with Crippen molar-refractivity contribution in [3.8, 4) is 5.69 Å². The van der Waals surface area contributed by atoms with Gasteiger partial charge in [0.25, 0.3) is 5.91 Å². The molecule has 1 N–H and O–H groups in total. The van der Waals surface area contributed by atoms with Crippen molar-refractivity contribution in [2.75, 3.05) is 36.4 Å². The molecule has 1 saturated heterocycles. The molecule has 0 unspecified atom stereocenters. The zero-order valence-electron chi connectivity index (χ0n) is 19.5. The number of amides is 1. The lowest BCUT2D eigenvalue weighted by Crippen LogP contribution is -2.48. The summed E-state index contributed by atoms with van der Waals surface area (Å²) in [7, 11) is -3.69. The summed E-state index contributed by atoms with van der Waals surface area (Å²) in [4.78, 5) is 15.1. The molecule has 0 aliphatic carbocycles.